The van der Waals surface area contributed by atoms with E-state index in [2.05, 4.69) is 15.9 Å². The standard InChI is InChI=1S/C19H18BrNO5/c1-24-12-2-3-13-14(22)11-19(26-16(13)10-12)6-8-21(9-7-19)18(23)15-4-5-17(20)25-15/h2-5,10H,6-9,11H2,1H3. The third-order valence-corrected chi connectivity index (χ3v) is 5.47. The van der Waals surface area contributed by atoms with E-state index in [0.29, 0.717) is 59.8 Å². The first-order valence-electron chi connectivity index (χ1n) is 8.45. The van der Waals surface area contributed by atoms with Crippen LogP contribution in [0.4, 0.5) is 0 Å². The molecule has 6 nitrogen and oxygen atoms in total. The molecule has 4 rings (SSSR count). The summed E-state index contributed by atoms with van der Waals surface area (Å²) in [6, 6.07) is 8.62. The van der Waals surface area contributed by atoms with Crippen molar-refractivity contribution in [2.45, 2.75) is 24.9 Å². The van der Waals surface area contributed by atoms with Crippen LogP contribution in [0.25, 0.3) is 0 Å². The van der Waals surface area contributed by atoms with Gasteiger partial charge in [0.15, 0.2) is 16.2 Å². The second kappa shape index (κ2) is 6.46. The second-order valence-corrected chi connectivity index (χ2v) is 7.42. The highest BCUT2D eigenvalue weighted by Crippen LogP contribution is 2.41. The van der Waals surface area contributed by atoms with Gasteiger partial charge in [-0.2, -0.15) is 0 Å². The van der Waals surface area contributed by atoms with Crippen molar-refractivity contribution in [1.29, 1.82) is 0 Å². The first-order valence-corrected chi connectivity index (χ1v) is 9.24. The number of halogens is 1. The van der Waals surface area contributed by atoms with Crippen LogP contribution in [0.15, 0.2) is 39.4 Å². The SMILES string of the molecule is COc1ccc2c(c1)OC1(CCN(C(=O)c3ccc(Br)o3)CC1)CC2=O. The molecule has 1 spiro atoms. The highest BCUT2D eigenvalue weighted by molar-refractivity contribution is 9.10. The normalized spacial score (nSPS) is 18.4. The van der Waals surface area contributed by atoms with Crippen LogP contribution in [0.2, 0.25) is 0 Å². The molecule has 0 saturated carbocycles. The molecular formula is C19H18BrNO5. The van der Waals surface area contributed by atoms with Gasteiger partial charge in [0.25, 0.3) is 5.91 Å². The van der Waals surface area contributed by atoms with E-state index in [0.717, 1.165) is 0 Å². The predicted octanol–water partition coefficient (Wildman–Crippen LogP) is 3.69. The zero-order valence-electron chi connectivity index (χ0n) is 14.3. The Kier molecular flexibility index (Phi) is 4.26. The number of ketones is 1. The smallest absolute Gasteiger partial charge is 0.289 e. The number of rotatable bonds is 2. The number of carbonyl (C=O) groups is 2. The topological polar surface area (TPSA) is 69.0 Å². The summed E-state index contributed by atoms with van der Waals surface area (Å²) in [4.78, 5) is 26.8. The summed E-state index contributed by atoms with van der Waals surface area (Å²) in [6.45, 7) is 1.04. The van der Waals surface area contributed by atoms with Gasteiger partial charge >= 0.3 is 0 Å². The molecule has 0 unspecified atom stereocenters. The first-order chi connectivity index (χ1) is 12.5. The van der Waals surface area contributed by atoms with Crippen molar-refractivity contribution in [2.75, 3.05) is 20.2 Å². The molecule has 1 amide bonds. The number of Topliss-reactive ketones (excluding diaryl/α,β-unsaturated/α-hetero) is 1. The van der Waals surface area contributed by atoms with Crippen molar-refractivity contribution in [1.82, 2.24) is 4.90 Å². The first kappa shape index (κ1) is 17.1. The average molecular weight is 420 g/mol. The number of benzene rings is 1. The molecule has 136 valence electrons. The molecule has 0 bridgehead atoms. The second-order valence-electron chi connectivity index (χ2n) is 6.64. The zero-order valence-corrected chi connectivity index (χ0v) is 15.9. The number of carbonyl (C=O) groups excluding carboxylic acids is 2. The van der Waals surface area contributed by atoms with Crippen LogP contribution in [0.3, 0.4) is 0 Å². The highest BCUT2D eigenvalue weighted by Gasteiger charge is 2.44. The van der Waals surface area contributed by atoms with Crippen LogP contribution >= 0.6 is 15.9 Å². The molecule has 0 radical (unpaired) electrons. The van der Waals surface area contributed by atoms with Crippen LogP contribution in [0, 0.1) is 0 Å². The number of likely N-dealkylation sites (tertiary alicyclic amines) is 1. The lowest BCUT2D eigenvalue weighted by molar-refractivity contribution is -0.00654. The number of piperidine rings is 1. The summed E-state index contributed by atoms with van der Waals surface area (Å²) in [7, 11) is 1.58. The molecule has 1 aromatic heterocycles. The summed E-state index contributed by atoms with van der Waals surface area (Å²) < 4.78 is 17.4. The highest BCUT2D eigenvalue weighted by atomic mass is 79.9. The Morgan fingerprint density at radius 1 is 1.23 bits per heavy atom. The van der Waals surface area contributed by atoms with Gasteiger partial charge < -0.3 is 18.8 Å². The van der Waals surface area contributed by atoms with E-state index in [1.807, 2.05) is 0 Å². The summed E-state index contributed by atoms with van der Waals surface area (Å²) in [5.74, 6) is 1.46. The van der Waals surface area contributed by atoms with E-state index in [-0.39, 0.29) is 11.7 Å². The number of furan rings is 1. The van der Waals surface area contributed by atoms with Crippen LogP contribution in [-0.4, -0.2) is 42.4 Å². The molecule has 2 aliphatic heterocycles. The van der Waals surface area contributed by atoms with Gasteiger partial charge in [0.1, 0.15) is 17.1 Å². The van der Waals surface area contributed by atoms with E-state index in [9.17, 15) is 9.59 Å². The van der Waals surface area contributed by atoms with Crippen LogP contribution in [-0.2, 0) is 0 Å². The molecule has 0 N–H and O–H groups in total. The number of ether oxygens (including phenoxy) is 2. The molecule has 1 fully saturated rings. The van der Waals surface area contributed by atoms with Crippen molar-refractivity contribution < 1.29 is 23.5 Å². The Bertz CT molecular complexity index is 867. The van der Waals surface area contributed by atoms with Crippen molar-refractivity contribution >= 4 is 27.6 Å². The fourth-order valence-electron chi connectivity index (χ4n) is 3.58. The molecule has 2 aliphatic rings. The zero-order chi connectivity index (χ0) is 18.3. The quantitative estimate of drug-likeness (QED) is 0.742. The predicted molar refractivity (Wildman–Crippen MR) is 96.8 cm³/mol. The summed E-state index contributed by atoms with van der Waals surface area (Å²) in [6.07, 6.45) is 1.53. The Morgan fingerprint density at radius 3 is 2.65 bits per heavy atom. The van der Waals surface area contributed by atoms with Crippen LogP contribution in [0.1, 0.15) is 40.2 Å². The van der Waals surface area contributed by atoms with E-state index in [1.165, 1.54) is 0 Å². The Morgan fingerprint density at radius 2 is 2.00 bits per heavy atom. The lowest BCUT2D eigenvalue weighted by Gasteiger charge is -2.43. The lowest BCUT2D eigenvalue weighted by Crippen LogP contribution is -2.52. The molecular weight excluding hydrogens is 402 g/mol. The minimum absolute atomic E-state index is 0.0728. The van der Waals surface area contributed by atoms with Crippen LogP contribution in [0.5, 0.6) is 11.5 Å². The maximum atomic E-state index is 12.6. The number of amides is 1. The van der Waals surface area contributed by atoms with Gasteiger partial charge in [0.2, 0.25) is 0 Å². The monoisotopic (exact) mass is 419 g/mol. The maximum Gasteiger partial charge on any atom is 0.289 e. The molecule has 1 aromatic carbocycles. The number of hydrogen-bond donors (Lipinski definition) is 0. The molecule has 3 heterocycles. The molecule has 0 aliphatic carbocycles. The van der Waals surface area contributed by atoms with E-state index >= 15 is 0 Å². The number of fused-ring (bicyclic) bond motifs is 1. The molecule has 7 heteroatoms. The minimum atomic E-state index is -0.559. The largest absolute Gasteiger partial charge is 0.497 e. The molecule has 2 aromatic rings. The van der Waals surface area contributed by atoms with Gasteiger partial charge in [-0.15, -0.1) is 0 Å². The fourth-order valence-corrected chi connectivity index (χ4v) is 3.89. The van der Waals surface area contributed by atoms with E-state index in [1.54, 1.807) is 42.3 Å². The maximum absolute atomic E-state index is 12.6. The van der Waals surface area contributed by atoms with Gasteiger partial charge in [-0.1, -0.05) is 0 Å². The van der Waals surface area contributed by atoms with Crippen molar-refractivity contribution in [2.24, 2.45) is 0 Å². The average Bonchev–Trinajstić information content (AvgIpc) is 3.07. The van der Waals surface area contributed by atoms with Gasteiger partial charge in [-0.25, -0.2) is 0 Å². The van der Waals surface area contributed by atoms with Crippen LogP contribution < -0.4 is 9.47 Å². The Labute approximate surface area is 159 Å². The third kappa shape index (κ3) is 3.00. The van der Waals surface area contributed by atoms with Gasteiger partial charge in [0, 0.05) is 32.0 Å². The molecule has 1 saturated heterocycles. The van der Waals surface area contributed by atoms with Crippen molar-refractivity contribution in [3.63, 3.8) is 0 Å². The van der Waals surface area contributed by atoms with Gasteiger partial charge in [0.05, 0.1) is 19.1 Å². The Hall–Kier alpha value is -2.28. The number of hydrogen-bond acceptors (Lipinski definition) is 5. The lowest BCUT2D eigenvalue weighted by atomic mass is 9.82. The van der Waals surface area contributed by atoms with Gasteiger partial charge in [-0.3, -0.25) is 9.59 Å². The van der Waals surface area contributed by atoms with Crippen molar-refractivity contribution in [3.8, 4) is 11.5 Å². The van der Waals surface area contributed by atoms with Crippen molar-refractivity contribution in [3.05, 3.63) is 46.3 Å². The summed E-state index contributed by atoms with van der Waals surface area (Å²) in [5.41, 5.74) is 0.0344. The minimum Gasteiger partial charge on any atom is -0.497 e. The number of nitrogens with zero attached hydrogens (tertiary/aromatic N) is 1. The van der Waals surface area contributed by atoms with E-state index in [4.69, 9.17) is 13.9 Å². The third-order valence-electron chi connectivity index (χ3n) is 5.04. The number of methoxy groups -OCH3 is 1. The summed E-state index contributed by atoms with van der Waals surface area (Å²) in [5, 5.41) is 0. The fraction of sp³-hybridized carbons (Fsp3) is 0.368. The van der Waals surface area contributed by atoms with Gasteiger partial charge in [-0.05, 0) is 40.2 Å². The summed E-state index contributed by atoms with van der Waals surface area (Å²) >= 11 is 3.21. The Balaban J connectivity index is 1.50. The molecule has 0 atom stereocenters. The van der Waals surface area contributed by atoms with E-state index < -0.39 is 5.60 Å². The molecule has 26 heavy (non-hydrogen) atoms.